The van der Waals surface area contributed by atoms with Crippen LogP contribution in [0.25, 0.3) is 0 Å². The molecule has 0 rings (SSSR count). The van der Waals surface area contributed by atoms with Gasteiger partial charge >= 0.3 is 65.1 Å². The fourth-order valence-electron chi connectivity index (χ4n) is 0. The molecule has 0 amide bonds. The van der Waals surface area contributed by atoms with Crippen molar-refractivity contribution in [1.29, 1.82) is 0 Å². The molecule has 0 bridgehead atoms. The zero-order valence-electron chi connectivity index (χ0n) is 7.40. The van der Waals surface area contributed by atoms with Gasteiger partial charge in [0.25, 0.3) is 0 Å². The molecule has 4 N–H and O–H groups in total. The Hall–Kier alpha value is 0.860. The number of nitrogens with two attached hydrogens (primary N) is 1. The molecule has 0 heterocycles. The molecule has 0 aromatic rings. The Kier molecular flexibility index (Phi) is 55.2. The van der Waals surface area contributed by atoms with E-state index in [0.717, 1.165) is 6.92 Å². The first-order valence-corrected chi connectivity index (χ1v) is 2.10. The number of carboxylic acid groups (broad SMARTS) is 2. The van der Waals surface area contributed by atoms with Crippen molar-refractivity contribution in [3.63, 3.8) is 0 Å². The van der Waals surface area contributed by atoms with Crippen LogP contribution in [0.4, 0.5) is 0 Å². The van der Waals surface area contributed by atoms with Crippen molar-refractivity contribution >= 4 is 11.9 Å². The van der Waals surface area contributed by atoms with E-state index in [9.17, 15) is 4.79 Å². The molecule has 0 unspecified atom stereocenters. The molecule has 62 valence electrons. The van der Waals surface area contributed by atoms with Crippen LogP contribution < -0.4 is 70.0 Å². The summed E-state index contributed by atoms with van der Waals surface area (Å²) >= 11 is 0. The van der Waals surface area contributed by atoms with Gasteiger partial charge in [-0.25, -0.2) is 0 Å². The summed E-state index contributed by atoms with van der Waals surface area (Å²) in [5, 5.41) is 16.5. The van der Waals surface area contributed by atoms with Crippen molar-refractivity contribution in [2.24, 2.45) is 5.73 Å². The molecular weight excluding hydrogens is 188 g/mol. The summed E-state index contributed by atoms with van der Waals surface area (Å²) in [6.07, 6.45) is 0. The number of carboxylic acids is 2. The van der Waals surface area contributed by atoms with E-state index in [1.807, 2.05) is 0 Å². The molecule has 0 fully saturated rings. The Morgan fingerprint density at radius 1 is 1.42 bits per heavy atom. The van der Waals surface area contributed by atoms with Gasteiger partial charge in [0.15, 0.2) is 0 Å². The van der Waals surface area contributed by atoms with Crippen molar-refractivity contribution in [3.05, 3.63) is 0 Å². The van der Waals surface area contributed by atoms with Gasteiger partial charge in [-0.05, 0) is 6.92 Å². The molecule has 6 nitrogen and oxygen atoms in total. The van der Waals surface area contributed by atoms with Gasteiger partial charge in [0.05, 0.1) is 6.54 Å². The average Bonchev–Trinajstić information content (AvgIpc) is 1.65. The number of hydrogen-bond acceptors (Lipinski definition) is 5. The Morgan fingerprint density at radius 2 is 1.50 bits per heavy atom. The van der Waals surface area contributed by atoms with E-state index in [1.54, 1.807) is 0 Å². The smallest absolute Gasteiger partial charge is 0.870 e. The number of carbonyl (C=O) groups is 2. The quantitative estimate of drug-likeness (QED) is 0.401. The first-order chi connectivity index (χ1) is 4.00. The minimum atomic E-state index is -1.08. The number of aliphatic carboxylic acids is 2. The predicted molar refractivity (Wildman–Crippen MR) is 29.3 cm³/mol. The molecule has 0 aliphatic heterocycles. The van der Waals surface area contributed by atoms with E-state index < -0.39 is 11.9 Å². The molecule has 0 spiro atoms. The second-order valence-corrected chi connectivity index (χ2v) is 1.09. The Labute approximate surface area is 114 Å². The summed E-state index contributed by atoms with van der Waals surface area (Å²) in [5.41, 5.74) is 4.57. The van der Waals surface area contributed by atoms with Crippen LogP contribution in [0.5, 0.6) is 0 Å². The molecular formula is C4H9NNa2O5. The van der Waals surface area contributed by atoms with E-state index in [2.05, 4.69) is 5.73 Å². The molecule has 0 aliphatic rings. The van der Waals surface area contributed by atoms with Gasteiger partial charge in [-0.1, -0.05) is 0 Å². The molecule has 0 aromatic heterocycles. The predicted octanol–water partition coefficient (Wildman–Crippen LogP) is -8.38. The molecule has 0 saturated heterocycles. The Balaban J connectivity index is -0.0000000221. The second kappa shape index (κ2) is 22.6. The standard InChI is InChI=1S/C2H5NO2.C2H4O2.2Na.H2O/c3-1-2(4)5;1-2(3)4;;;/h1,3H2,(H,4,5);1H3,(H,3,4);;;1H2/q;;2*+1;/p-2. The van der Waals surface area contributed by atoms with Gasteiger partial charge in [-0.3, -0.25) is 4.79 Å². The number of hydrogen-bond donors (Lipinski definition) is 2. The minimum Gasteiger partial charge on any atom is -0.870 e. The summed E-state index contributed by atoms with van der Waals surface area (Å²) < 4.78 is 0. The topological polar surface area (TPSA) is 133 Å². The van der Waals surface area contributed by atoms with Gasteiger partial charge in [0, 0.05) is 5.97 Å². The number of carbonyl (C=O) groups excluding carboxylic acids is 1. The van der Waals surface area contributed by atoms with Crippen LogP contribution in [0, 0.1) is 0 Å². The van der Waals surface area contributed by atoms with Crippen molar-refractivity contribution in [3.8, 4) is 0 Å². The minimum absolute atomic E-state index is 0. The number of rotatable bonds is 1. The van der Waals surface area contributed by atoms with Crippen molar-refractivity contribution < 1.29 is 84.4 Å². The molecule has 0 saturated carbocycles. The van der Waals surface area contributed by atoms with E-state index in [1.165, 1.54) is 0 Å². The monoisotopic (exact) mass is 197 g/mol. The van der Waals surface area contributed by atoms with Crippen molar-refractivity contribution in [2.45, 2.75) is 6.92 Å². The third kappa shape index (κ3) is 129. The maximum atomic E-state index is 9.24. The summed E-state index contributed by atoms with van der Waals surface area (Å²) in [6.45, 7) is 0.694. The SMILES string of the molecule is CC(=O)[O-].NCC(=O)O.[Na+].[Na+].[OH-]. The maximum Gasteiger partial charge on any atom is 1.00 e. The van der Waals surface area contributed by atoms with Gasteiger partial charge in [-0.2, -0.15) is 0 Å². The summed E-state index contributed by atoms with van der Waals surface area (Å²) in [6, 6.07) is 0. The van der Waals surface area contributed by atoms with Crippen LogP contribution in [0.15, 0.2) is 0 Å². The summed E-state index contributed by atoms with van der Waals surface area (Å²) in [5.74, 6) is -2.05. The summed E-state index contributed by atoms with van der Waals surface area (Å²) in [7, 11) is 0. The molecule has 0 radical (unpaired) electrons. The van der Waals surface area contributed by atoms with Gasteiger partial charge in [0.2, 0.25) is 0 Å². The fourth-order valence-corrected chi connectivity index (χ4v) is 0. The maximum absolute atomic E-state index is 9.24. The van der Waals surface area contributed by atoms with E-state index >= 15 is 0 Å². The van der Waals surface area contributed by atoms with Crippen LogP contribution in [0.2, 0.25) is 0 Å². The largest absolute Gasteiger partial charge is 1.00 e. The molecule has 0 aliphatic carbocycles. The molecule has 8 heteroatoms. The second-order valence-electron chi connectivity index (χ2n) is 1.09. The van der Waals surface area contributed by atoms with Crippen molar-refractivity contribution in [2.75, 3.05) is 6.54 Å². The third-order valence-corrected chi connectivity index (χ3v) is 0.175. The summed E-state index contributed by atoms with van der Waals surface area (Å²) in [4.78, 5) is 18.1. The Bertz CT molecular complexity index is 106. The van der Waals surface area contributed by atoms with Crippen LogP contribution in [0.1, 0.15) is 6.92 Å². The van der Waals surface area contributed by atoms with Crippen LogP contribution in [-0.2, 0) is 9.59 Å². The van der Waals surface area contributed by atoms with Crippen LogP contribution >= 0.6 is 0 Å². The normalized spacial score (nSPS) is 5.17. The third-order valence-electron chi connectivity index (χ3n) is 0.175. The van der Waals surface area contributed by atoms with Gasteiger partial charge in [-0.15, -0.1) is 0 Å². The first kappa shape index (κ1) is 29.3. The molecule has 0 atom stereocenters. The van der Waals surface area contributed by atoms with Crippen molar-refractivity contribution in [1.82, 2.24) is 0 Å². The molecule has 12 heavy (non-hydrogen) atoms. The van der Waals surface area contributed by atoms with Gasteiger partial charge in [0.1, 0.15) is 0 Å². The van der Waals surface area contributed by atoms with Crippen LogP contribution in [0.3, 0.4) is 0 Å². The average molecular weight is 197 g/mol. The zero-order chi connectivity index (χ0) is 7.86. The fraction of sp³-hybridized carbons (Fsp3) is 0.500. The molecule has 0 aromatic carbocycles. The van der Waals surface area contributed by atoms with E-state index in [4.69, 9.17) is 15.0 Å². The van der Waals surface area contributed by atoms with Crippen LogP contribution in [-0.4, -0.2) is 29.1 Å². The Morgan fingerprint density at radius 3 is 1.50 bits per heavy atom. The van der Waals surface area contributed by atoms with E-state index in [0.29, 0.717) is 0 Å². The zero-order valence-corrected chi connectivity index (χ0v) is 11.4. The first-order valence-electron chi connectivity index (χ1n) is 2.10. The van der Waals surface area contributed by atoms with Gasteiger partial charge < -0.3 is 26.2 Å². The van der Waals surface area contributed by atoms with E-state index in [-0.39, 0.29) is 71.1 Å².